The van der Waals surface area contributed by atoms with Gasteiger partial charge in [0.2, 0.25) is 0 Å². The summed E-state index contributed by atoms with van der Waals surface area (Å²) in [4.78, 5) is 6.51. The first-order valence-electron chi connectivity index (χ1n) is 7.08. The number of rotatable bonds is 7. The number of anilines is 1. The monoisotopic (exact) mass is 274 g/mol. The molecule has 4 heteroatoms. The summed E-state index contributed by atoms with van der Waals surface area (Å²) in [5.74, 6) is 0.810. The highest BCUT2D eigenvalue weighted by Crippen LogP contribution is 2.14. The van der Waals surface area contributed by atoms with Gasteiger partial charge in [0.15, 0.2) is 5.96 Å². The lowest BCUT2D eigenvalue weighted by Gasteiger charge is -2.24. The molecular weight excluding hydrogens is 248 g/mol. The van der Waals surface area contributed by atoms with Crippen molar-refractivity contribution in [3.8, 4) is 0 Å². The van der Waals surface area contributed by atoms with Crippen LogP contribution in [0.4, 0.5) is 5.69 Å². The van der Waals surface area contributed by atoms with Crippen LogP contribution in [0.2, 0.25) is 0 Å². The van der Waals surface area contributed by atoms with Crippen LogP contribution >= 0.6 is 0 Å². The zero-order valence-corrected chi connectivity index (χ0v) is 12.8. The van der Waals surface area contributed by atoms with Crippen molar-refractivity contribution in [2.45, 2.75) is 13.8 Å². The molecular formula is C16H26N4. The van der Waals surface area contributed by atoms with Gasteiger partial charge in [-0.2, -0.15) is 0 Å². The van der Waals surface area contributed by atoms with Crippen LogP contribution in [0.5, 0.6) is 0 Å². The molecule has 1 rings (SSSR count). The molecule has 0 saturated heterocycles. The highest BCUT2D eigenvalue weighted by Gasteiger charge is 2.04. The van der Waals surface area contributed by atoms with Gasteiger partial charge in [0.05, 0.1) is 0 Å². The van der Waals surface area contributed by atoms with E-state index in [1.165, 1.54) is 11.3 Å². The Balaban J connectivity index is 2.47. The Kier molecular flexibility index (Phi) is 7.25. The molecule has 1 aromatic carbocycles. The fourth-order valence-electron chi connectivity index (χ4n) is 1.99. The van der Waals surface area contributed by atoms with Gasteiger partial charge in [-0.1, -0.05) is 18.2 Å². The maximum absolute atomic E-state index is 4.16. The van der Waals surface area contributed by atoms with Crippen LogP contribution in [0.15, 0.2) is 41.9 Å². The van der Waals surface area contributed by atoms with E-state index in [-0.39, 0.29) is 0 Å². The standard InChI is InChI=1S/C16H26N4/c1-5-10-18-16(17-4)19-11-12-20(6-2)15-9-7-8-14(3)13-15/h5,7-9,13H,1,6,10-12H2,2-4H3,(H2,17,18,19). The van der Waals surface area contributed by atoms with E-state index in [1.807, 2.05) is 6.08 Å². The molecule has 0 atom stereocenters. The van der Waals surface area contributed by atoms with Gasteiger partial charge in [0, 0.05) is 38.9 Å². The summed E-state index contributed by atoms with van der Waals surface area (Å²) in [5.41, 5.74) is 2.56. The molecule has 0 spiro atoms. The summed E-state index contributed by atoms with van der Waals surface area (Å²) in [6, 6.07) is 8.59. The number of aryl methyl sites for hydroxylation is 1. The lowest BCUT2D eigenvalue weighted by molar-refractivity contribution is 0.759. The van der Waals surface area contributed by atoms with E-state index in [4.69, 9.17) is 0 Å². The zero-order chi connectivity index (χ0) is 14.8. The molecule has 0 fully saturated rings. The second kappa shape index (κ2) is 9.02. The third kappa shape index (κ3) is 5.34. The molecule has 0 heterocycles. The van der Waals surface area contributed by atoms with Crippen molar-refractivity contribution >= 4 is 11.6 Å². The topological polar surface area (TPSA) is 39.7 Å². The Morgan fingerprint density at radius 2 is 2.20 bits per heavy atom. The van der Waals surface area contributed by atoms with Crippen LogP contribution in [0.25, 0.3) is 0 Å². The van der Waals surface area contributed by atoms with Crippen molar-refractivity contribution in [3.63, 3.8) is 0 Å². The zero-order valence-electron chi connectivity index (χ0n) is 12.8. The molecule has 4 nitrogen and oxygen atoms in total. The van der Waals surface area contributed by atoms with Crippen LogP contribution in [0.3, 0.4) is 0 Å². The van der Waals surface area contributed by atoms with E-state index in [1.54, 1.807) is 7.05 Å². The van der Waals surface area contributed by atoms with Gasteiger partial charge in [0.25, 0.3) is 0 Å². The van der Waals surface area contributed by atoms with E-state index >= 15 is 0 Å². The van der Waals surface area contributed by atoms with Crippen molar-refractivity contribution in [2.75, 3.05) is 38.1 Å². The summed E-state index contributed by atoms with van der Waals surface area (Å²) in [6.45, 7) is 11.5. The third-order valence-corrected chi connectivity index (χ3v) is 3.06. The summed E-state index contributed by atoms with van der Waals surface area (Å²) >= 11 is 0. The van der Waals surface area contributed by atoms with E-state index in [9.17, 15) is 0 Å². The van der Waals surface area contributed by atoms with E-state index in [0.717, 1.165) is 32.1 Å². The van der Waals surface area contributed by atoms with E-state index < -0.39 is 0 Å². The van der Waals surface area contributed by atoms with E-state index in [0.29, 0.717) is 0 Å². The molecule has 110 valence electrons. The fraction of sp³-hybridized carbons (Fsp3) is 0.438. The second-order valence-electron chi connectivity index (χ2n) is 4.59. The van der Waals surface area contributed by atoms with Gasteiger partial charge >= 0.3 is 0 Å². The number of nitrogens with zero attached hydrogens (tertiary/aromatic N) is 2. The van der Waals surface area contributed by atoms with Crippen LogP contribution < -0.4 is 15.5 Å². The first kappa shape index (κ1) is 16.1. The molecule has 0 radical (unpaired) electrons. The van der Waals surface area contributed by atoms with Gasteiger partial charge in [0.1, 0.15) is 0 Å². The van der Waals surface area contributed by atoms with Crippen LogP contribution in [-0.2, 0) is 0 Å². The molecule has 0 aromatic heterocycles. The predicted octanol–water partition coefficient (Wildman–Crippen LogP) is 2.17. The van der Waals surface area contributed by atoms with Gasteiger partial charge in [-0.25, -0.2) is 0 Å². The number of guanidine groups is 1. The van der Waals surface area contributed by atoms with Crippen LogP contribution in [0.1, 0.15) is 12.5 Å². The largest absolute Gasteiger partial charge is 0.370 e. The third-order valence-electron chi connectivity index (χ3n) is 3.06. The Morgan fingerprint density at radius 1 is 1.40 bits per heavy atom. The highest BCUT2D eigenvalue weighted by molar-refractivity contribution is 5.79. The van der Waals surface area contributed by atoms with Crippen molar-refractivity contribution < 1.29 is 0 Å². The van der Waals surface area contributed by atoms with Crippen LogP contribution in [0, 0.1) is 6.92 Å². The number of hydrogen-bond acceptors (Lipinski definition) is 2. The molecule has 0 bridgehead atoms. The van der Waals surface area contributed by atoms with Gasteiger partial charge in [-0.3, -0.25) is 4.99 Å². The first-order valence-corrected chi connectivity index (χ1v) is 7.08. The maximum Gasteiger partial charge on any atom is 0.191 e. The average Bonchev–Trinajstić information content (AvgIpc) is 2.46. The Labute approximate surface area is 122 Å². The Morgan fingerprint density at radius 3 is 2.80 bits per heavy atom. The van der Waals surface area contributed by atoms with Crippen molar-refractivity contribution in [1.82, 2.24) is 10.6 Å². The molecule has 0 aliphatic rings. The quantitative estimate of drug-likeness (QED) is 0.455. The molecule has 1 aromatic rings. The SMILES string of the molecule is C=CCNC(=NC)NCCN(CC)c1cccc(C)c1. The molecule has 0 unspecified atom stereocenters. The minimum absolute atomic E-state index is 0.717. The molecule has 20 heavy (non-hydrogen) atoms. The van der Waals surface area contributed by atoms with Crippen molar-refractivity contribution in [2.24, 2.45) is 4.99 Å². The lowest BCUT2D eigenvalue weighted by Crippen LogP contribution is -2.41. The molecule has 0 amide bonds. The van der Waals surface area contributed by atoms with Gasteiger partial charge in [-0.05, 0) is 31.5 Å². The van der Waals surface area contributed by atoms with Crippen LogP contribution in [-0.4, -0.2) is 39.2 Å². The Hall–Kier alpha value is -1.97. The summed E-state index contributed by atoms with van der Waals surface area (Å²) < 4.78 is 0. The van der Waals surface area contributed by atoms with Gasteiger partial charge in [-0.15, -0.1) is 6.58 Å². The predicted molar refractivity (Wildman–Crippen MR) is 88.6 cm³/mol. The fourth-order valence-corrected chi connectivity index (χ4v) is 1.99. The maximum atomic E-state index is 4.16. The molecule has 0 aliphatic heterocycles. The second-order valence-corrected chi connectivity index (χ2v) is 4.59. The summed E-state index contributed by atoms with van der Waals surface area (Å²) in [7, 11) is 1.77. The molecule has 0 aliphatic carbocycles. The lowest BCUT2D eigenvalue weighted by atomic mass is 10.2. The molecule has 2 N–H and O–H groups in total. The highest BCUT2D eigenvalue weighted by atomic mass is 15.2. The van der Waals surface area contributed by atoms with E-state index in [2.05, 4.69) is 65.2 Å². The first-order chi connectivity index (χ1) is 9.71. The number of benzene rings is 1. The minimum Gasteiger partial charge on any atom is -0.370 e. The minimum atomic E-state index is 0.717. The number of aliphatic imine (C=N–C) groups is 1. The normalized spacial score (nSPS) is 11.1. The molecule has 0 saturated carbocycles. The van der Waals surface area contributed by atoms with Gasteiger partial charge < -0.3 is 15.5 Å². The summed E-state index contributed by atoms with van der Waals surface area (Å²) in [5, 5.41) is 6.46. The smallest absolute Gasteiger partial charge is 0.191 e. The average molecular weight is 274 g/mol. The Bertz CT molecular complexity index is 440. The summed E-state index contributed by atoms with van der Waals surface area (Å²) in [6.07, 6.45) is 1.82. The number of likely N-dealkylation sites (N-methyl/N-ethyl adjacent to an activating group) is 1. The number of nitrogens with one attached hydrogen (secondary N) is 2. The van der Waals surface area contributed by atoms with Crippen molar-refractivity contribution in [3.05, 3.63) is 42.5 Å². The van der Waals surface area contributed by atoms with Crippen molar-refractivity contribution in [1.29, 1.82) is 0 Å². The number of hydrogen-bond donors (Lipinski definition) is 2.